The molecule has 7 heteroatoms. The fourth-order valence-electron chi connectivity index (χ4n) is 2.50. The minimum Gasteiger partial charge on any atom is -0.455 e. The van der Waals surface area contributed by atoms with Gasteiger partial charge < -0.3 is 14.2 Å². The van der Waals surface area contributed by atoms with E-state index < -0.39 is 10.0 Å². The Bertz CT molecular complexity index is 1030. The minimum absolute atomic E-state index is 0.0799. The highest BCUT2D eigenvalue weighted by atomic mass is 32.2. The van der Waals surface area contributed by atoms with Gasteiger partial charge in [-0.05, 0) is 36.4 Å². The highest BCUT2D eigenvalue weighted by Gasteiger charge is 2.21. The number of ether oxygens (including phenoxy) is 3. The number of fused-ring (bicyclic) bond motifs is 1. The molecule has 6 nitrogen and oxygen atoms in total. The Balaban J connectivity index is 1.62. The molecule has 1 aliphatic heterocycles. The first kappa shape index (κ1) is 16.3. The van der Waals surface area contributed by atoms with Crippen LogP contribution in [0.1, 0.15) is 0 Å². The second-order valence-electron chi connectivity index (χ2n) is 5.53. The van der Waals surface area contributed by atoms with E-state index in [0.29, 0.717) is 28.7 Å². The van der Waals surface area contributed by atoms with Gasteiger partial charge in [0.1, 0.15) is 5.75 Å². The Morgan fingerprint density at radius 1 is 0.846 bits per heavy atom. The summed E-state index contributed by atoms with van der Waals surface area (Å²) < 4.78 is 44.3. The largest absolute Gasteiger partial charge is 0.455 e. The molecule has 1 N–H and O–H groups in total. The van der Waals surface area contributed by atoms with Gasteiger partial charge >= 0.3 is 0 Å². The Labute approximate surface area is 151 Å². The van der Waals surface area contributed by atoms with Gasteiger partial charge in [0.2, 0.25) is 6.79 Å². The molecule has 0 bridgehead atoms. The quantitative estimate of drug-likeness (QED) is 0.736. The molecule has 0 unspecified atom stereocenters. The lowest BCUT2D eigenvalue weighted by atomic mass is 10.3. The van der Waals surface area contributed by atoms with E-state index in [2.05, 4.69) is 4.72 Å². The number of hydrogen-bond donors (Lipinski definition) is 1. The third-order valence-corrected chi connectivity index (χ3v) is 5.12. The summed E-state index contributed by atoms with van der Waals surface area (Å²) in [6.07, 6.45) is 0. The number of para-hydroxylation sites is 3. The van der Waals surface area contributed by atoms with Crippen molar-refractivity contribution in [3.05, 3.63) is 72.8 Å². The Morgan fingerprint density at radius 2 is 1.58 bits per heavy atom. The van der Waals surface area contributed by atoms with Crippen LogP contribution in [0.3, 0.4) is 0 Å². The fourth-order valence-corrected chi connectivity index (χ4v) is 3.59. The zero-order valence-electron chi connectivity index (χ0n) is 13.6. The van der Waals surface area contributed by atoms with Gasteiger partial charge in [0, 0.05) is 6.07 Å². The van der Waals surface area contributed by atoms with E-state index in [0.717, 1.165) is 0 Å². The minimum atomic E-state index is -3.82. The molecule has 1 heterocycles. The molecule has 0 aliphatic carbocycles. The maximum atomic E-state index is 12.7. The highest BCUT2D eigenvalue weighted by Crippen LogP contribution is 2.35. The summed E-state index contributed by atoms with van der Waals surface area (Å²) in [5, 5.41) is 0. The summed E-state index contributed by atoms with van der Waals surface area (Å²) in [5.41, 5.74) is 0.342. The van der Waals surface area contributed by atoms with Crippen molar-refractivity contribution in [3.8, 4) is 23.0 Å². The third kappa shape index (κ3) is 3.29. The maximum absolute atomic E-state index is 12.7. The number of nitrogens with one attached hydrogen (secondary N) is 1. The van der Waals surface area contributed by atoms with E-state index in [-0.39, 0.29) is 11.7 Å². The molecule has 0 radical (unpaired) electrons. The lowest BCUT2D eigenvalue weighted by Crippen LogP contribution is -2.13. The predicted octanol–water partition coefficient (Wildman–Crippen LogP) is 4.01. The molecular formula is C19H15NO5S. The van der Waals surface area contributed by atoms with Crippen molar-refractivity contribution in [1.82, 2.24) is 0 Å². The first-order valence-electron chi connectivity index (χ1n) is 7.86. The molecular weight excluding hydrogens is 354 g/mol. The van der Waals surface area contributed by atoms with Crippen LogP contribution in [-0.2, 0) is 10.0 Å². The van der Waals surface area contributed by atoms with Crippen molar-refractivity contribution in [3.63, 3.8) is 0 Å². The molecule has 0 fully saturated rings. The summed E-state index contributed by atoms with van der Waals surface area (Å²) in [7, 11) is -3.82. The monoisotopic (exact) mass is 369 g/mol. The van der Waals surface area contributed by atoms with E-state index >= 15 is 0 Å². The van der Waals surface area contributed by atoms with Gasteiger partial charge in [0.25, 0.3) is 10.0 Å². The molecule has 0 atom stereocenters. The molecule has 3 aromatic carbocycles. The van der Waals surface area contributed by atoms with E-state index in [1.807, 2.05) is 18.2 Å². The van der Waals surface area contributed by atoms with Crippen molar-refractivity contribution in [2.75, 3.05) is 11.5 Å². The lowest BCUT2D eigenvalue weighted by molar-refractivity contribution is 0.174. The molecule has 0 saturated heterocycles. The van der Waals surface area contributed by atoms with Crippen LogP contribution in [0.15, 0.2) is 77.7 Å². The first-order chi connectivity index (χ1) is 12.6. The molecule has 3 aromatic rings. The van der Waals surface area contributed by atoms with E-state index in [1.54, 1.807) is 42.5 Å². The second-order valence-corrected chi connectivity index (χ2v) is 7.21. The van der Waals surface area contributed by atoms with Crippen LogP contribution < -0.4 is 18.9 Å². The Hall–Kier alpha value is -3.19. The molecule has 26 heavy (non-hydrogen) atoms. The van der Waals surface area contributed by atoms with E-state index in [4.69, 9.17) is 14.2 Å². The van der Waals surface area contributed by atoms with Crippen LogP contribution in [0.5, 0.6) is 23.0 Å². The van der Waals surface area contributed by atoms with Crippen LogP contribution in [0, 0.1) is 0 Å². The molecule has 1 aliphatic rings. The summed E-state index contributed by atoms with van der Waals surface area (Å²) >= 11 is 0. The second kappa shape index (κ2) is 6.61. The average Bonchev–Trinajstić information content (AvgIpc) is 3.12. The Morgan fingerprint density at radius 3 is 2.42 bits per heavy atom. The van der Waals surface area contributed by atoms with Crippen LogP contribution >= 0.6 is 0 Å². The normalized spacial score (nSPS) is 12.6. The molecule has 0 spiro atoms. The van der Waals surface area contributed by atoms with E-state index in [9.17, 15) is 8.42 Å². The number of anilines is 1. The van der Waals surface area contributed by atoms with Gasteiger partial charge in [-0.25, -0.2) is 8.42 Å². The lowest BCUT2D eigenvalue weighted by Gasteiger charge is -2.13. The average molecular weight is 369 g/mol. The van der Waals surface area contributed by atoms with Crippen molar-refractivity contribution in [1.29, 1.82) is 0 Å². The maximum Gasteiger partial charge on any atom is 0.262 e. The first-order valence-corrected chi connectivity index (χ1v) is 9.34. The van der Waals surface area contributed by atoms with Crippen LogP contribution in [0.25, 0.3) is 0 Å². The zero-order chi connectivity index (χ0) is 18.0. The van der Waals surface area contributed by atoms with Crippen molar-refractivity contribution >= 4 is 15.7 Å². The zero-order valence-corrected chi connectivity index (χ0v) is 14.4. The fraction of sp³-hybridized carbons (Fsp3) is 0.0526. The molecule has 132 valence electrons. The van der Waals surface area contributed by atoms with Gasteiger partial charge in [0.05, 0.1) is 10.6 Å². The smallest absolute Gasteiger partial charge is 0.262 e. The molecule has 0 amide bonds. The molecule has 4 rings (SSSR count). The van der Waals surface area contributed by atoms with Crippen LogP contribution in [-0.4, -0.2) is 15.2 Å². The van der Waals surface area contributed by atoms with Gasteiger partial charge in [0.15, 0.2) is 17.2 Å². The summed E-state index contributed by atoms with van der Waals surface area (Å²) in [4.78, 5) is 0.0799. The van der Waals surface area contributed by atoms with E-state index in [1.165, 1.54) is 12.1 Å². The number of sulfonamides is 1. The summed E-state index contributed by atoms with van der Waals surface area (Å²) in [6.45, 7) is 0.0833. The summed E-state index contributed by atoms with van der Waals surface area (Å²) in [6, 6.07) is 20.5. The standard InChI is InChI=1S/C19H15NO5S/c21-26(22,15-10-11-18-19(12-15)24-13-23-18)20-16-8-4-5-9-17(16)25-14-6-2-1-3-7-14/h1-12,20H,13H2. The number of hydrogen-bond acceptors (Lipinski definition) is 5. The van der Waals surface area contributed by atoms with Crippen molar-refractivity contribution < 1.29 is 22.6 Å². The summed E-state index contributed by atoms with van der Waals surface area (Å²) in [5.74, 6) is 1.95. The van der Waals surface area contributed by atoms with Crippen molar-refractivity contribution in [2.45, 2.75) is 4.90 Å². The van der Waals surface area contributed by atoms with Crippen molar-refractivity contribution in [2.24, 2.45) is 0 Å². The number of rotatable bonds is 5. The number of benzene rings is 3. The van der Waals surface area contributed by atoms with Gasteiger partial charge in [-0.15, -0.1) is 0 Å². The third-order valence-electron chi connectivity index (χ3n) is 3.76. The van der Waals surface area contributed by atoms with Crippen LogP contribution in [0.2, 0.25) is 0 Å². The van der Waals surface area contributed by atoms with Gasteiger partial charge in [-0.3, -0.25) is 4.72 Å². The molecule has 0 aromatic heterocycles. The SMILES string of the molecule is O=S(=O)(Nc1ccccc1Oc1ccccc1)c1ccc2c(c1)OCO2. The van der Waals surface area contributed by atoms with Gasteiger partial charge in [-0.1, -0.05) is 30.3 Å². The van der Waals surface area contributed by atoms with Gasteiger partial charge in [-0.2, -0.15) is 0 Å². The topological polar surface area (TPSA) is 73.9 Å². The predicted molar refractivity (Wildman–Crippen MR) is 96.3 cm³/mol. The Kier molecular flexibility index (Phi) is 4.14. The highest BCUT2D eigenvalue weighted by molar-refractivity contribution is 7.92. The van der Waals surface area contributed by atoms with Crippen LogP contribution in [0.4, 0.5) is 5.69 Å². The molecule has 0 saturated carbocycles.